The number of nitrogens with zero attached hydrogens (tertiary/aromatic N) is 4. The molecule has 8 heteroatoms. The minimum absolute atomic E-state index is 0.276. The molecular formula is C16H16ClFN5O+. The second-order valence-corrected chi connectivity index (χ2v) is 5.95. The van der Waals surface area contributed by atoms with Crippen LogP contribution in [0.2, 0.25) is 5.02 Å². The Bertz CT molecular complexity index is 907. The molecule has 6 nitrogen and oxygen atoms in total. The first-order valence-electron chi connectivity index (χ1n) is 7.38. The van der Waals surface area contributed by atoms with Gasteiger partial charge in [-0.3, -0.25) is 0 Å². The molecule has 1 heterocycles. The zero-order chi connectivity index (χ0) is 17.1. The van der Waals surface area contributed by atoms with Crippen molar-refractivity contribution < 1.29 is 9.29 Å². The minimum Gasteiger partial charge on any atom is -0.315 e. The predicted octanol–water partition coefficient (Wildman–Crippen LogP) is 0.894. The van der Waals surface area contributed by atoms with E-state index in [2.05, 4.69) is 10.4 Å². The molecule has 0 saturated heterocycles. The number of tetrazole rings is 1. The second kappa shape index (κ2) is 6.94. The van der Waals surface area contributed by atoms with E-state index >= 15 is 0 Å². The number of benzene rings is 2. The fraction of sp³-hybridized carbons (Fsp3) is 0.188. The summed E-state index contributed by atoms with van der Waals surface area (Å²) in [6.07, 6.45) is 0. The number of quaternary nitrogens is 1. The third-order valence-electron chi connectivity index (χ3n) is 3.53. The summed E-state index contributed by atoms with van der Waals surface area (Å²) < 4.78 is 15.7. The summed E-state index contributed by atoms with van der Waals surface area (Å²) in [4.78, 5) is 13.4. The van der Waals surface area contributed by atoms with E-state index in [1.165, 1.54) is 16.8 Å². The normalized spacial score (nSPS) is 12.3. The van der Waals surface area contributed by atoms with Gasteiger partial charge in [0.1, 0.15) is 12.4 Å². The number of nitrogens with one attached hydrogen (secondary N) is 1. The molecule has 0 spiro atoms. The summed E-state index contributed by atoms with van der Waals surface area (Å²) in [5.74, 6) is -0.276. The largest absolute Gasteiger partial charge is 0.373 e. The lowest BCUT2D eigenvalue weighted by Crippen LogP contribution is -3.07. The Hall–Kier alpha value is -2.51. The number of hydrogen-bond acceptors (Lipinski definition) is 3. The standard InChI is InChI=1S/C16H15ClFN5O/c1-21(10-12-5-4-6-13(18)9-12)11-22-16(24)23(20-19-22)15-8-3-2-7-14(15)17/h2-9H,10-11H2,1H3/p+1. The van der Waals surface area contributed by atoms with E-state index in [0.717, 1.165) is 15.1 Å². The average Bonchev–Trinajstić information content (AvgIpc) is 2.89. The van der Waals surface area contributed by atoms with E-state index in [1.54, 1.807) is 30.3 Å². The highest BCUT2D eigenvalue weighted by Gasteiger charge is 2.14. The van der Waals surface area contributed by atoms with Gasteiger partial charge in [0.2, 0.25) is 0 Å². The second-order valence-electron chi connectivity index (χ2n) is 5.55. The van der Waals surface area contributed by atoms with Crippen molar-refractivity contribution in [3.8, 4) is 5.69 Å². The van der Waals surface area contributed by atoms with Gasteiger partial charge in [0, 0.05) is 5.56 Å². The van der Waals surface area contributed by atoms with E-state index < -0.39 is 0 Å². The molecule has 0 radical (unpaired) electrons. The number of rotatable bonds is 5. The van der Waals surface area contributed by atoms with Crippen LogP contribution in [0.3, 0.4) is 0 Å². The number of hydrogen-bond donors (Lipinski definition) is 1. The Morgan fingerprint density at radius 2 is 1.96 bits per heavy atom. The minimum atomic E-state index is -0.373. The van der Waals surface area contributed by atoms with Crippen LogP contribution in [0, 0.1) is 5.82 Å². The molecule has 0 aliphatic carbocycles. The summed E-state index contributed by atoms with van der Waals surface area (Å²) >= 11 is 6.09. The van der Waals surface area contributed by atoms with Crippen LogP contribution in [0.5, 0.6) is 0 Å². The average molecular weight is 349 g/mol. The fourth-order valence-corrected chi connectivity index (χ4v) is 2.67. The van der Waals surface area contributed by atoms with E-state index in [9.17, 15) is 9.18 Å². The lowest BCUT2D eigenvalue weighted by Gasteiger charge is -2.12. The van der Waals surface area contributed by atoms with E-state index in [4.69, 9.17) is 11.6 Å². The summed E-state index contributed by atoms with van der Waals surface area (Å²) in [6, 6.07) is 13.3. The zero-order valence-corrected chi connectivity index (χ0v) is 13.7. The van der Waals surface area contributed by atoms with Gasteiger partial charge in [-0.25, -0.2) is 9.18 Å². The van der Waals surface area contributed by atoms with Crippen LogP contribution in [0.1, 0.15) is 5.56 Å². The van der Waals surface area contributed by atoms with Crippen LogP contribution in [0.4, 0.5) is 4.39 Å². The molecule has 2 aromatic carbocycles. The van der Waals surface area contributed by atoms with Gasteiger partial charge in [-0.15, -0.1) is 4.68 Å². The van der Waals surface area contributed by atoms with Gasteiger partial charge in [0.25, 0.3) is 0 Å². The first kappa shape index (κ1) is 16.4. The van der Waals surface area contributed by atoms with Crippen LogP contribution in [0.25, 0.3) is 5.69 Å². The van der Waals surface area contributed by atoms with Crippen molar-refractivity contribution >= 4 is 11.6 Å². The first-order chi connectivity index (χ1) is 11.5. The lowest BCUT2D eigenvalue weighted by atomic mass is 10.2. The molecule has 0 aliphatic heterocycles. The molecule has 0 fully saturated rings. The summed E-state index contributed by atoms with van der Waals surface area (Å²) in [6.45, 7) is 0.864. The van der Waals surface area contributed by atoms with Gasteiger partial charge >= 0.3 is 5.69 Å². The molecule has 0 amide bonds. The highest BCUT2D eigenvalue weighted by atomic mass is 35.5. The van der Waals surface area contributed by atoms with Crippen molar-refractivity contribution in [1.82, 2.24) is 19.8 Å². The molecule has 1 aromatic heterocycles. The van der Waals surface area contributed by atoms with Crippen LogP contribution >= 0.6 is 11.6 Å². The van der Waals surface area contributed by atoms with Crippen molar-refractivity contribution in [2.75, 3.05) is 7.05 Å². The summed E-state index contributed by atoms with van der Waals surface area (Å²) in [7, 11) is 1.89. The highest BCUT2D eigenvalue weighted by molar-refractivity contribution is 6.32. The van der Waals surface area contributed by atoms with Gasteiger partial charge in [-0.05, 0) is 34.7 Å². The van der Waals surface area contributed by atoms with Crippen LogP contribution in [0.15, 0.2) is 53.3 Å². The zero-order valence-electron chi connectivity index (χ0n) is 13.0. The maximum atomic E-state index is 13.2. The molecule has 24 heavy (non-hydrogen) atoms. The topological polar surface area (TPSA) is 57.2 Å². The number of halogens is 2. The SMILES string of the molecule is C[NH+](Cc1cccc(F)c1)Cn1nnn(-c2ccccc2Cl)c1=O. The molecule has 124 valence electrons. The summed E-state index contributed by atoms with van der Waals surface area (Å²) in [5.41, 5.74) is 0.957. The molecule has 3 aromatic rings. The van der Waals surface area contributed by atoms with E-state index in [-0.39, 0.29) is 11.5 Å². The van der Waals surface area contributed by atoms with Crippen molar-refractivity contribution in [3.05, 3.63) is 75.4 Å². The number of aromatic nitrogens is 4. The Balaban J connectivity index is 1.77. The van der Waals surface area contributed by atoms with Crippen molar-refractivity contribution in [2.45, 2.75) is 13.2 Å². The van der Waals surface area contributed by atoms with Gasteiger partial charge in [0.05, 0.1) is 17.8 Å². The lowest BCUT2D eigenvalue weighted by molar-refractivity contribution is -0.917. The Kier molecular flexibility index (Phi) is 4.73. The molecule has 1 N–H and O–H groups in total. The predicted molar refractivity (Wildman–Crippen MR) is 87.6 cm³/mol. The third-order valence-corrected chi connectivity index (χ3v) is 3.85. The maximum absolute atomic E-state index is 13.2. The molecule has 0 bridgehead atoms. The van der Waals surface area contributed by atoms with Crippen molar-refractivity contribution in [3.63, 3.8) is 0 Å². The first-order valence-corrected chi connectivity index (χ1v) is 7.76. The third kappa shape index (κ3) is 3.52. The smallest absolute Gasteiger partial charge is 0.315 e. The molecule has 1 atom stereocenters. The molecular weight excluding hydrogens is 333 g/mol. The molecule has 1 unspecified atom stereocenters. The van der Waals surface area contributed by atoms with Gasteiger partial charge < -0.3 is 4.90 Å². The number of para-hydroxylation sites is 1. The summed E-state index contributed by atoms with van der Waals surface area (Å²) in [5, 5.41) is 8.20. The Morgan fingerprint density at radius 3 is 2.71 bits per heavy atom. The molecule has 0 aliphatic rings. The van der Waals surface area contributed by atoms with Crippen LogP contribution in [-0.2, 0) is 13.2 Å². The van der Waals surface area contributed by atoms with E-state index in [0.29, 0.717) is 23.9 Å². The maximum Gasteiger partial charge on any atom is 0.373 e. The van der Waals surface area contributed by atoms with Gasteiger partial charge in [-0.1, -0.05) is 35.9 Å². The van der Waals surface area contributed by atoms with Crippen LogP contribution in [-0.4, -0.2) is 26.8 Å². The van der Waals surface area contributed by atoms with Crippen LogP contribution < -0.4 is 10.6 Å². The Morgan fingerprint density at radius 1 is 1.17 bits per heavy atom. The van der Waals surface area contributed by atoms with Crippen molar-refractivity contribution in [2.24, 2.45) is 0 Å². The highest BCUT2D eigenvalue weighted by Crippen LogP contribution is 2.16. The Labute approximate surface area is 142 Å². The van der Waals surface area contributed by atoms with Gasteiger partial charge in [0.15, 0.2) is 6.67 Å². The molecule has 0 saturated carbocycles. The molecule has 3 rings (SSSR count). The monoisotopic (exact) mass is 348 g/mol. The quantitative estimate of drug-likeness (QED) is 0.745. The fourth-order valence-electron chi connectivity index (χ4n) is 2.46. The van der Waals surface area contributed by atoms with Crippen molar-refractivity contribution in [1.29, 1.82) is 0 Å². The van der Waals surface area contributed by atoms with Gasteiger partial charge in [-0.2, -0.15) is 4.68 Å². The van der Waals surface area contributed by atoms with E-state index in [1.807, 2.05) is 13.1 Å².